The molecule has 0 bridgehead atoms. The molecule has 36 heavy (non-hydrogen) atoms. The molecule has 0 fully saturated rings. The molecule has 1 atom stereocenters. The lowest BCUT2D eigenvalue weighted by atomic mass is 10.1. The van der Waals surface area contributed by atoms with Gasteiger partial charge in [-0.25, -0.2) is 21.9 Å². The molecule has 0 amide bonds. The molecular weight excluding hydrogens is 530 g/mol. The predicted molar refractivity (Wildman–Crippen MR) is 139 cm³/mol. The summed E-state index contributed by atoms with van der Waals surface area (Å²) in [6.45, 7) is 5.86. The van der Waals surface area contributed by atoms with E-state index in [0.717, 1.165) is 5.57 Å². The molecule has 14 heteroatoms. The summed E-state index contributed by atoms with van der Waals surface area (Å²) in [6, 6.07) is 10.4. The highest BCUT2D eigenvalue weighted by Crippen LogP contribution is 2.57. The summed E-state index contributed by atoms with van der Waals surface area (Å²) in [5, 5.41) is 4.47. The lowest BCUT2D eigenvalue weighted by Gasteiger charge is -2.19. The average molecular weight is 563 g/mol. The molecule has 1 unspecified atom stereocenters. The molecule has 0 aliphatic rings. The Bertz CT molecular complexity index is 1330. The van der Waals surface area contributed by atoms with E-state index in [0.29, 0.717) is 35.0 Å². The smallest absolute Gasteiger partial charge is 0.381 e. The zero-order valence-corrected chi connectivity index (χ0v) is 23.1. The summed E-state index contributed by atoms with van der Waals surface area (Å²) in [4.78, 5) is 26.8. The van der Waals surface area contributed by atoms with Crippen LogP contribution in [0.15, 0.2) is 64.6 Å². The van der Waals surface area contributed by atoms with Gasteiger partial charge in [-0.2, -0.15) is 4.31 Å². The first-order valence-corrected chi connectivity index (χ1v) is 15.3. The number of nitrogens with zero attached hydrogens (tertiary/aromatic N) is 1. The summed E-state index contributed by atoms with van der Waals surface area (Å²) >= 11 is 0. The van der Waals surface area contributed by atoms with Crippen molar-refractivity contribution in [2.45, 2.75) is 32.1 Å². The van der Waals surface area contributed by atoms with Crippen LogP contribution in [0.4, 0.5) is 5.69 Å². The lowest BCUT2D eigenvalue weighted by molar-refractivity contribution is 0.191. The second-order valence-electron chi connectivity index (χ2n) is 8.29. The summed E-state index contributed by atoms with van der Waals surface area (Å²) < 4.78 is 58.3. The maximum absolute atomic E-state index is 13.2. The zero-order valence-electron chi connectivity index (χ0n) is 20.5. The molecule has 2 aromatic carbocycles. The van der Waals surface area contributed by atoms with Crippen LogP contribution in [-0.2, 0) is 28.0 Å². The number of hydrogen-bond acceptors (Lipinski definition) is 7. The van der Waals surface area contributed by atoms with Crippen molar-refractivity contribution in [1.82, 2.24) is 4.31 Å². The topological polar surface area (TPSA) is 163 Å². The molecule has 0 saturated carbocycles. The number of rotatable bonds is 13. The number of nitrogens with one attached hydrogen (secondary N) is 1. The Morgan fingerprint density at radius 3 is 2.31 bits per heavy atom. The fraction of sp³-hybridized carbons (Fsp3) is 0.364. The van der Waals surface area contributed by atoms with Gasteiger partial charge in [0.1, 0.15) is 0 Å². The zero-order chi connectivity index (χ0) is 27.1. The van der Waals surface area contributed by atoms with E-state index in [-0.39, 0.29) is 11.4 Å². The number of allylic oxidation sites excluding steroid dienone is 1. The molecule has 2 aromatic rings. The summed E-state index contributed by atoms with van der Waals surface area (Å²) in [6.07, 6.45) is 4.05. The van der Waals surface area contributed by atoms with Crippen LogP contribution in [0, 0.1) is 0 Å². The Morgan fingerprint density at radius 1 is 1.03 bits per heavy atom. The molecule has 0 radical (unpaired) electrons. The van der Waals surface area contributed by atoms with E-state index in [9.17, 15) is 22.4 Å². The molecule has 200 valence electrons. The first kappa shape index (κ1) is 30.4. The van der Waals surface area contributed by atoms with E-state index in [4.69, 9.17) is 9.79 Å². The fourth-order valence-corrected chi connectivity index (χ4v) is 6.14. The number of phosphoric acid groups is 2. The van der Waals surface area contributed by atoms with Crippen molar-refractivity contribution in [3.05, 3.63) is 59.7 Å². The third kappa shape index (κ3) is 9.23. The number of hydrogen-bond donors (Lipinski definition) is 4. The van der Waals surface area contributed by atoms with E-state index in [1.54, 1.807) is 44.3 Å². The second-order valence-corrected chi connectivity index (χ2v) is 13.1. The van der Waals surface area contributed by atoms with Crippen LogP contribution >= 0.6 is 15.6 Å². The number of benzene rings is 2. The maximum Gasteiger partial charge on any atom is 0.481 e. The molecule has 0 aromatic heterocycles. The van der Waals surface area contributed by atoms with Gasteiger partial charge >= 0.3 is 15.6 Å². The molecule has 2 rings (SSSR count). The number of sulfonamides is 1. The standard InChI is InChI=1S/C22H32N2O9P2S/c1-17(2)8-7-14-24(4)36(30,31)22-12-6-9-19-20(22)10-5-11-21(19)23-16-18(3)13-15-32-35(28,29)33-34(25,26)27/h5-6,8-13,23H,7,14-16H2,1-4H3,(H,28,29)(H2,25,26,27)/b18-13+. The average Bonchev–Trinajstić information content (AvgIpc) is 2.75. The van der Waals surface area contributed by atoms with Crippen molar-refractivity contribution in [2.24, 2.45) is 0 Å². The molecule has 0 aliphatic heterocycles. The van der Waals surface area contributed by atoms with E-state index in [2.05, 4.69) is 14.2 Å². The van der Waals surface area contributed by atoms with Crippen molar-refractivity contribution >= 4 is 42.1 Å². The molecule has 0 saturated heterocycles. The van der Waals surface area contributed by atoms with Gasteiger partial charge in [-0.1, -0.05) is 47.6 Å². The lowest BCUT2D eigenvalue weighted by Crippen LogP contribution is -2.28. The Morgan fingerprint density at radius 2 is 1.67 bits per heavy atom. The predicted octanol–water partition coefficient (Wildman–Crippen LogP) is 4.40. The van der Waals surface area contributed by atoms with E-state index in [1.165, 1.54) is 10.4 Å². The quantitative estimate of drug-likeness (QED) is 0.203. The Labute approximate surface area is 211 Å². The van der Waals surface area contributed by atoms with Gasteiger partial charge in [0.25, 0.3) is 0 Å². The van der Waals surface area contributed by atoms with Gasteiger partial charge in [-0.3, -0.25) is 4.52 Å². The SMILES string of the molecule is CC(C)=CCCN(C)S(=O)(=O)c1cccc2c(NC/C(C)=C/COP(=O)(O)OP(=O)(O)O)cccc12. The van der Waals surface area contributed by atoms with Crippen molar-refractivity contribution in [3.8, 4) is 0 Å². The van der Waals surface area contributed by atoms with Crippen molar-refractivity contribution in [1.29, 1.82) is 0 Å². The minimum absolute atomic E-state index is 0.202. The van der Waals surface area contributed by atoms with Crippen LogP contribution in [0.2, 0.25) is 0 Å². The number of phosphoric ester groups is 1. The molecule has 0 spiro atoms. The second kappa shape index (κ2) is 12.6. The number of fused-ring (bicyclic) bond motifs is 1. The Hall–Kier alpha value is -1.85. The van der Waals surface area contributed by atoms with Crippen LogP contribution in [-0.4, -0.2) is 54.1 Å². The van der Waals surface area contributed by atoms with Crippen LogP contribution in [0.1, 0.15) is 27.2 Å². The first-order valence-electron chi connectivity index (χ1n) is 10.9. The van der Waals surface area contributed by atoms with Gasteiger partial charge in [0.15, 0.2) is 0 Å². The summed E-state index contributed by atoms with van der Waals surface area (Å²) in [5.74, 6) is 0. The summed E-state index contributed by atoms with van der Waals surface area (Å²) in [7, 11) is -12.3. The van der Waals surface area contributed by atoms with Crippen LogP contribution < -0.4 is 5.32 Å². The molecule has 0 aliphatic carbocycles. The van der Waals surface area contributed by atoms with Crippen molar-refractivity contribution < 1.29 is 41.1 Å². The minimum Gasteiger partial charge on any atom is -0.381 e. The van der Waals surface area contributed by atoms with Crippen molar-refractivity contribution in [2.75, 3.05) is 32.1 Å². The highest BCUT2D eigenvalue weighted by Gasteiger charge is 2.31. The van der Waals surface area contributed by atoms with Crippen LogP contribution in [0.5, 0.6) is 0 Å². The molecule has 0 heterocycles. The van der Waals surface area contributed by atoms with Gasteiger partial charge < -0.3 is 20.0 Å². The van der Waals surface area contributed by atoms with E-state index in [1.807, 2.05) is 26.0 Å². The van der Waals surface area contributed by atoms with Crippen LogP contribution in [0.3, 0.4) is 0 Å². The van der Waals surface area contributed by atoms with Crippen molar-refractivity contribution in [3.63, 3.8) is 0 Å². The monoisotopic (exact) mass is 562 g/mol. The van der Waals surface area contributed by atoms with Gasteiger partial charge in [0.2, 0.25) is 10.0 Å². The van der Waals surface area contributed by atoms with Crippen LogP contribution in [0.25, 0.3) is 10.8 Å². The maximum atomic E-state index is 13.2. The highest BCUT2D eigenvalue weighted by atomic mass is 32.2. The molecule has 11 nitrogen and oxygen atoms in total. The van der Waals surface area contributed by atoms with Gasteiger partial charge in [0.05, 0.1) is 11.5 Å². The first-order chi connectivity index (χ1) is 16.6. The molecule has 4 N–H and O–H groups in total. The highest BCUT2D eigenvalue weighted by molar-refractivity contribution is 7.89. The van der Waals surface area contributed by atoms with Gasteiger partial charge in [0, 0.05) is 36.6 Å². The minimum atomic E-state index is -5.18. The Balaban J connectivity index is 2.16. The van der Waals surface area contributed by atoms with Gasteiger partial charge in [-0.15, -0.1) is 0 Å². The third-order valence-corrected chi connectivity index (χ3v) is 9.07. The van der Waals surface area contributed by atoms with E-state index >= 15 is 0 Å². The molecular formula is C22H32N2O9P2S. The van der Waals surface area contributed by atoms with E-state index < -0.39 is 32.3 Å². The third-order valence-electron chi connectivity index (χ3n) is 5.00. The normalized spacial score (nSPS) is 14.6. The Kier molecular flexibility index (Phi) is 10.6. The van der Waals surface area contributed by atoms with Gasteiger partial charge in [-0.05, 0) is 39.3 Å². The summed E-state index contributed by atoms with van der Waals surface area (Å²) in [5.41, 5.74) is 2.49. The number of anilines is 1. The fourth-order valence-electron chi connectivity index (χ4n) is 3.22. The largest absolute Gasteiger partial charge is 0.481 e.